The second-order valence-electron chi connectivity index (χ2n) is 4.06. The lowest BCUT2D eigenvalue weighted by molar-refractivity contribution is 0.588. The van der Waals surface area contributed by atoms with Gasteiger partial charge in [0.25, 0.3) is 0 Å². The summed E-state index contributed by atoms with van der Waals surface area (Å²) in [6.45, 7) is 5.94. The van der Waals surface area contributed by atoms with Gasteiger partial charge in [-0.1, -0.05) is 22.9 Å². The first-order chi connectivity index (χ1) is 8.22. The third-order valence-electron chi connectivity index (χ3n) is 2.39. The zero-order chi connectivity index (χ0) is 12.5. The average Bonchev–Trinajstić information content (AvgIpc) is 2.26. The summed E-state index contributed by atoms with van der Waals surface area (Å²) in [4.78, 5) is 0. The Balaban J connectivity index is 2.13. The van der Waals surface area contributed by atoms with Gasteiger partial charge >= 0.3 is 0 Å². The van der Waals surface area contributed by atoms with E-state index in [0.29, 0.717) is 6.54 Å². The van der Waals surface area contributed by atoms with Gasteiger partial charge in [-0.2, -0.15) is 0 Å². The fraction of sp³-hybridized carbons (Fsp3) is 0.538. The quantitative estimate of drug-likeness (QED) is 0.721. The minimum atomic E-state index is -0.194. The molecule has 96 valence electrons. The molecule has 0 spiro atoms. The van der Waals surface area contributed by atoms with E-state index in [2.05, 4.69) is 33.5 Å². The van der Waals surface area contributed by atoms with E-state index >= 15 is 0 Å². The zero-order valence-electron chi connectivity index (χ0n) is 10.2. The van der Waals surface area contributed by atoms with Crippen LogP contribution < -0.4 is 10.6 Å². The summed E-state index contributed by atoms with van der Waals surface area (Å²) in [5.74, 6) is -0.194. The smallest absolute Gasteiger partial charge is 0.124 e. The van der Waals surface area contributed by atoms with E-state index in [0.717, 1.165) is 36.1 Å². The van der Waals surface area contributed by atoms with E-state index < -0.39 is 0 Å². The van der Waals surface area contributed by atoms with Gasteiger partial charge < -0.3 is 10.6 Å². The summed E-state index contributed by atoms with van der Waals surface area (Å²) in [5, 5.41) is 6.65. The molecular weight excluding hydrogens is 283 g/mol. The van der Waals surface area contributed by atoms with E-state index in [-0.39, 0.29) is 5.82 Å². The molecule has 0 saturated heterocycles. The van der Waals surface area contributed by atoms with Crippen molar-refractivity contribution in [1.82, 2.24) is 10.6 Å². The molecule has 0 amide bonds. The normalized spacial score (nSPS) is 10.8. The molecule has 0 heterocycles. The molecule has 0 radical (unpaired) electrons. The fourth-order valence-corrected chi connectivity index (χ4v) is 2.10. The van der Waals surface area contributed by atoms with Crippen LogP contribution in [0.1, 0.15) is 25.3 Å². The van der Waals surface area contributed by atoms with E-state index in [4.69, 9.17) is 0 Å². The minimum Gasteiger partial charge on any atom is -0.317 e. The molecule has 0 aliphatic heterocycles. The summed E-state index contributed by atoms with van der Waals surface area (Å²) < 4.78 is 13.9. The maximum Gasteiger partial charge on any atom is 0.124 e. The largest absolute Gasteiger partial charge is 0.317 e. The monoisotopic (exact) mass is 302 g/mol. The molecule has 0 aliphatic rings. The predicted molar refractivity (Wildman–Crippen MR) is 73.6 cm³/mol. The van der Waals surface area contributed by atoms with Crippen LogP contribution in [0.2, 0.25) is 0 Å². The van der Waals surface area contributed by atoms with Crippen molar-refractivity contribution in [3.8, 4) is 0 Å². The van der Waals surface area contributed by atoms with E-state index in [1.807, 2.05) is 6.07 Å². The van der Waals surface area contributed by atoms with Crippen LogP contribution in [0.5, 0.6) is 0 Å². The highest BCUT2D eigenvalue weighted by atomic mass is 79.9. The Morgan fingerprint density at radius 2 is 1.88 bits per heavy atom. The number of nitrogens with one attached hydrogen (secondary N) is 2. The number of hydrogen-bond acceptors (Lipinski definition) is 2. The Bertz CT molecular complexity index is 311. The molecule has 0 unspecified atom stereocenters. The fourth-order valence-electron chi connectivity index (χ4n) is 1.59. The van der Waals surface area contributed by atoms with E-state index in [1.54, 1.807) is 6.07 Å². The van der Waals surface area contributed by atoms with Gasteiger partial charge in [0.15, 0.2) is 0 Å². The van der Waals surface area contributed by atoms with Gasteiger partial charge in [0.1, 0.15) is 5.82 Å². The summed E-state index contributed by atoms with van der Waals surface area (Å²) in [7, 11) is 0. The highest BCUT2D eigenvalue weighted by molar-refractivity contribution is 9.10. The van der Waals surface area contributed by atoms with Gasteiger partial charge in [0.05, 0.1) is 0 Å². The van der Waals surface area contributed by atoms with E-state index in [1.165, 1.54) is 12.5 Å². The molecule has 0 bridgehead atoms. The maximum absolute atomic E-state index is 13.1. The molecule has 4 heteroatoms. The number of hydrogen-bond donors (Lipinski definition) is 2. The Morgan fingerprint density at radius 1 is 1.12 bits per heavy atom. The molecule has 17 heavy (non-hydrogen) atoms. The van der Waals surface area contributed by atoms with Gasteiger partial charge in [-0.05, 0) is 56.2 Å². The van der Waals surface area contributed by atoms with Crippen LogP contribution in [0.3, 0.4) is 0 Å². The Labute approximate surface area is 111 Å². The predicted octanol–water partition coefficient (Wildman–Crippen LogP) is 3.07. The van der Waals surface area contributed by atoms with Gasteiger partial charge in [0, 0.05) is 11.0 Å². The van der Waals surface area contributed by atoms with Crippen molar-refractivity contribution in [1.29, 1.82) is 0 Å². The highest BCUT2D eigenvalue weighted by Crippen LogP contribution is 2.14. The summed E-state index contributed by atoms with van der Waals surface area (Å²) >= 11 is 3.29. The first-order valence-corrected chi connectivity index (χ1v) is 6.88. The van der Waals surface area contributed by atoms with Gasteiger partial charge in [-0.25, -0.2) is 4.39 Å². The Kier molecular flexibility index (Phi) is 7.40. The second kappa shape index (κ2) is 8.61. The standard InChI is InChI=1S/C13H20BrFN2/c1-2-4-16-5-3-6-17-10-11-7-12(14)9-13(15)8-11/h7-9,16-17H,2-6,10H2,1H3. The first-order valence-electron chi connectivity index (χ1n) is 6.08. The van der Waals surface area contributed by atoms with Crippen molar-refractivity contribution >= 4 is 15.9 Å². The number of halogens is 2. The van der Waals surface area contributed by atoms with Crippen molar-refractivity contribution in [2.24, 2.45) is 0 Å². The zero-order valence-corrected chi connectivity index (χ0v) is 11.8. The van der Waals surface area contributed by atoms with Gasteiger partial charge in [-0.15, -0.1) is 0 Å². The minimum absolute atomic E-state index is 0.194. The van der Waals surface area contributed by atoms with Crippen molar-refractivity contribution in [2.45, 2.75) is 26.3 Å². The molecule has 1 rings (SSSR count). The van der Waals surface area contributed by atoms with E-state index in [9.17, 15) is 4.39 Å². The van der Waals surface area contributed by atoms with Crippen LogP contribution >= 0.6 is 15.9 Å². The third-order valence-corrected chi connectivity index (χ3v) is 2.84. The lowest BCUT2D eigenvalue weighted by atomic mass is 10.2. The molecule has 0 saturated carbocycles. The van der Waals surface area contributed by atoms with Gasteiger partial charge in [-0.3, -0.25) is 0 Å². The lowest BCUT2D eigenvalue weighted by Gasteiger charge is -2.06. The molecule has 2 N–H and O–H groups in total. The number of benzene rings is 1. The first kappa shape index (κ1) is 14.6. The molecule has 1 aromatic rings. The number of rotatable bonds is 8. The Morgan fingerprint density at radius 3 is 2.59 bits per heavy atom. The summed E-state index contributed by atoms with van der Waals surface area (Å²) in [6, 6.07) is 4.97. The molecule has 0 aliphatic carbocycles. The summed E-state index contributed by atoms with van der Waals surface area (Å²) in [6.07, 6.45) is 2.27. The third kappa shape index (κ3) is 6.76. The van der Waals surface area contributed by atoms with Crippen LogP contribution in [0, 0.1) is 5.82 Å². The van der Waals surface area contributed by atoms with Gasteiger partial charge in [0.2, 0.25) is 0 Å². The SMILES string of the molecule is CCCNCCCNCc1cc(F)cc(Br)c1. The van der Waals surface area contributed by atoms with Crippen LogP contribution in [0.15, 0.2) is 22.7 Å². The molecule has 0 atom stereocenters. The Hall–Kier alpha value is -0.450. The van der Waals surface area contributed by atoms with Crippen LogP contribution in [-0.2, 0) is 6.54 Å². The van der Waals surface area contributed by atoms with Crippen molar-refractivity contribution in [3.63, 3.8) is 0 Å². The van der Waals surface area contributed by atoms with Crippen molar-refractivity contribution in [2.75, 3.05) is 19.6 Å². The molecule has 0 aromatic heterocycles. The summed E-state index contributed by atoms with van der Waals surface area (Å²) in [5.41, 5.74) is 0.971. The highest BCUT2D eigenvalue weighted by Gasteiger charge is 1.98. The topological polar surface area (TPSA) is 24.1 Å². The lowest BCUT2D eigenvalue weighted by Crippen LogP contribution is -2.22. The molecule has 0 fully saturated rings. The van der Waals surface area contributed by atoms with Crippen LogP contribution in [0.25, 0.3) is 0 Å². The van der Waals surface area contributed by atoms with Crippen molar-refractivity contribution < 1.29 is 4.39 Å². The average molecular weight is 303 g/mol. The molecule has 1 aromatic carbocycles. The molecule has 2 nitrogen and oxygen atoms in total. The maximum atomic E-state index is 13.1. The van der Waals surface area contributed by atoms with Crippen LogP contribution in [-0.4, -0.2) is 19.6 Å². The second-order valence-corrected chi connectivity index (χ2v) is 4.97. The van der Waals surface area contributed by atoms with Crippen molar-refractivity contribution in [3.05, 3.63) is 34.1 Å². The van der Waals surface area contributed by atoms with Crippen LogP contribution in [0.4, 0.5) is 4.39 Å². The molecular formula is C13H20BrFN2.